The van der Waals surface area contributed by atoms with Gasteiger partial charge in [-0.25, -0.2) is 4.79 Å². The van der Waals surface area contributed by atoms with E-state index in [-0.39, 0.29) is 17.9 Å². The number of hydrogen-bond acceptors (Lipinski definition) is 5. The van der Waals surface area contributed by atoms with Crippen LogP contribution in [0.2, 0.25) is 0 Å². The van der Waals surface area contributed by atoms with E-state index in [0.29, 0.717) is 6.42 Å². The van der Waals surface area contributed by atoms with Gasteiger partial charge in [0.15, 0.2) is 0 Å². The summed E-state index contributed by atoms with van der Waals surface area (Å²) >= 11 is 0. The normalized spacial score (nSPS) is 14.8. The summed E-state index contributed by atoms with van der Waals surface area (Å²) in [4.78, 5) is 27.2. The number of aryl methyl sites for hydroxylation is 1. The van der Waals surface area contributed by atoms with Crippen molar-refractivity contribution < 1.29 is 14.3 Å². The van der Waals surface area contributed by atoms with E-state index in [2.05, 4.69) is 33.7 Å². The summed E-state index contributed by atoms with van der Waals surface area (Å²) in [6, 6.07) is 27.8. The molecular formula is C30H35N3O3. The molecule has 0 unspecified atom stereocenters. The number of amides is 1. The summed E-state index contributed by atoms with van der Waals surface area (Å²) < 4.78 is 5.04. The van der Waals surface area contributed by atoms with Crippen molar-refractivity contribution in [2.75, 3.05) is 30.4 Å². The first-order valence-corrected chi connectivity index (χ1v) is 12.7. The van der Waals surface area contributed by atoms with Crippen molar-refractivity contribution in [3.05, 3.63) is 96.1 Å². The van der Waals surface area contributed by atoms with E-state index >= 15 is 0 Å². The van der Waals surface area contributed by atoms with Crippen molar-refractivity contribution in [3.63, 3.8) is 0 Å². The number of esters is 1. The van der Waals surface area contributed by atoms with Crippen molar-refractivity contribution in [1.29, 1.82) is 0 Å². The molecule has 1 atom stereocenters. The lowest BCUT2D eigenvalue weighted by molar-refractivity contribution is -0.143. The molecular weight excluding hydrogens is 450 g/mol. The highest BCUT2D eigenvalue weighted by Crippen LogP contribution is 2.25. The van der Waals surface area contributed by atoms with Gasteiger partial charge in [0, 0.05) is 36.9 Å². The fraction of sp³-hybridized carbons (Fsp3) is 0.333. The van der Waals surface area contributed by atoms with Crippen molar-refractivity contribution in [2.24, 2.45) is 0 Å². The Balaban J connectivity index is 1.27. The van der Waals surface area contributed by atoms with Crippen molar-refractivity contribution in [2.45, 2.75) is 44.2 Å². The van der Waals surface area contributed by atoms with Gasteiger partial charge in [-0.15, -0.1) is 0 Å². The van der Waals surface area contributed by atoms with Gasteiger partial charge in [0.2, 0.25) is 5.91 Å². The van der Waals surface area contributed by atoms with Gasteiger partial charge in [-0.1, -0.05) is 66.7 Å². The van der Waals surface area contributed by atoms with Gasteiger partial charge in [-0.05, 0) is 55.0 Å². The summed E-state index contributed by atoms with van der Waals surface area (Å²) in [5.74, 6) is -0.225. The maximum absolute atomic E-state index is 12.5. The molecule has 1 saturated heterocycles. The summed E-state index contributed by atoms with van der Waals surface area (Å²) in [7, 11) is 1.43. The highest BCUT2D eigenvalue weighted by Gasteiger charge is 2.27. The number of piperidine rings is 1. The van der Waals surface area contributed by atoms with Crippen LogP contribution in [-0.4, -0.2) is 38.1 Å². The zero-order valence-corrected chi connectivity index (χ0v) is 20.9. The fourth-order valence-electron chi connectivity index (χ4n) is 4.71. The predicted molar refractivity (Wildman–Crippen MR) is 144 cm³/mol. The van der Waals surface area contributed by atoms with E-state index in [1.165, 1.54) is 12.7 Å². The summed E-state index contributed by atoms with van der Waals surface area (Å²) in [5, 5.41) is 6.56. The Labute approximate surface area is 213 Å². The van der Waals surface area contributed by atoms with Crippen LogP contribution >= 0.6 is 0 Å². The molecule has 6 heteroatoms. The molecule has 6 nitrogen and oxygen atoms in total. The molecule has 3 aromatic carbocycles. The molecule has 0 aliphatic carbocycles. The van der Waals surface area contributed by atoms with Crippen LogP contribution in [0.1, 0.15) is 42.9 Å². The third-order valence-electron chi connectivity index (χ3n) is 6.67. The number of benzene rings is 3. The van der Waals surface area contributed by atoms with E-state index in [1.807, 2.05) is 66.7 Å². The standard InChI is InChI=1S/C30H35N3O3/c1-36-30(35)29(24-13-6-3-7-14-24)32-25-18-20-33(21-19-25)27-16-9-15-26(22-27)31-28(34)17-8-12-23-10-4-2-5-11-23/h2-7,9-11,13-16,22,25,29,32H,8,12,17-21H2,1H3,(H,31,34)/t29-/m0/s1. The lowest BCUT2D eigenvalue weighted by Crippen LogP contribution is -2.45. The minimum atomic E-state index is -0.465. The monoisotopic (exact) mass is 485 g/mol. The lowest BCUT2D eigenvalue weighted by atomic mass is 10.00. The fourth-order valence-corrected chi connectivity index (χ4v) is 4.71. The van der Waals surface area contributed by atoms with Crippen LogP contribution in [0.4, 0.5) is 11.4 Å². The van der Waals surface area contributed by atoms with E-state index in [9.17, 15) is 9.59 Å². The number of carbonyl (C=O) groups excluding carboxylic acids is 2. The Kier molecular flexibility index (Phi) is 9.11. The Bertz CT molecular complexity index is 1110. The molecule has 188 valence electrons. The number of ether oxygens (including phenoxy) is 1. The van der Waals surface area contributed by atoms with Crippen molar-refractivity contribution in [3.8, 4) is 0 Å². The molecule has 2 N–H and O–H groups in total. The SMILES string of the molecule is COC(=O)[C@@H](NC1CCN(c2cccc(NC(=O)CCCc3ccccc3)c2)CC1)c1ccccc1. The summed E-state index contributed by atoms with van der Waals surface area (Å²) in [6.07, 6.45) is 4.05. The Morgan fingerprint density at radius 3 is 2.33 bits per heavy atom. The maximum Gasteiger partial charge on any atom is 0.327 e. The van der Waals surface area contributed by atoms with Gasteiger partial charge < -0.3 is 15.0 Å². The molecule has 4 rings (SSSR count). The van der Waals surface area contributed by atoms with E-state index in [0.717, 1.165) is 55.7 Å². The number of anilines is 2. The number of carbonyl (C=O) groups is 2. The minimum absolute atomic E-state index is 0.0424. The van der Waals surface area contributed by atoms with Gasteiger partial charge in [0.05, 0.1) is 7.11 Å². The quantitative estimate of drug-likeness (QED) is 0.390. The van der Waals surface area contributed by atoms with Gasteiger partial charge in [-0.3, -0.25) is 10.1 Å². The summed E-state index contributed by atoms with van der Waals surface area (Å²) in [6.45, 7) is 1.74. The van der Waals surface area contributed by atoms with Gasteiger partial charge in [0.1, 0.15) is 6.04 Å². The average Bonchev–Trinajstić information content (AvgIpc) is 2.93. The molecule has 0 aromatic heterocycles. The van der Waals surface area contributed by atoms with Gasteiger partial charge in [0.25, 0.3) is 0 Å². The lowest BCUT2D eigenvalue weighted by Gasteiger charge is -2.35. The van der Waals surface area contributed by atoms with Crippen LogP contribution < -0.4 is 15.5 Å². The maximum atomic E-state index is 12.5. The third-order valence-corrected chi connectivity index (χ3v) is 6.67. The second-order valence-electron chi connectivity index (χ2n) is 9.23. The number of nitrogens with one attached hydrogen (secondary N) is 2. The smallest absolute Gasteiger partial charge is 0.327 e. The predicted octanol–water partition coefficient (Wildman–Crippen LogP) is 5.12. The first-order valence-electron chi connectivity index (χ1n) is 12.7. The molecule has 1 amide bonds. The van der Waals surface area contributed by atoms with Crippen LogP contribution in [0.25, 0.3) is 0 Å². The topological polar surface area (TPSA) is 70.7 Å². The zero-order valence-electron chi connectivity index (χ0n) is 20.9. The van der Waals surface area contributed by atoms with E-state index in [4.69, 9.17) is 4.74 Å². The van der Waals surface area contributed by atoms with E-state index in [1.54, 1.807) is 0 Å². The molecule has 0 saturated carbocycles. The first-order chi connectivity index (χ1) is 17.6. The van der Waals surface area contributed by atoms with Crippen LogP contribution in [0.5, 0.6) is 0 Å². The molecule has 0 radical (unpaired) electrons. The van der Waals surface area contributed by atoms with E-state index < -0.39 is 6.04 Å². The molecule has 36 heavy (non-hydrogen) atoms. The van der Waals surface area contributed by atoms with Crippen LogP contribution in [0.15, 0.2) is 84.9 Å². The molecule has 1 aliphatic heterocycles. The third kappa shape index (κ3) is 7.18. The average molecular weight is 486 g/mol. The van der Waals surface area contributed by atoms with Crippen molar-refractivity contribution >= 4 is 23.3 Å². The molecule has 1 heterocycles. The second kappa shape index (κ2) is 12.9. The Morgan fingerprint density at radius 1 is 0.944 bits per heavy atom. The number of methoxy groups -OCH3 is 1. The number of nitrogens with zero attached hydrogens (tertiary/aromatic N) is 1. The van der Waals surface area contributed by atoms with Crippen molar-refractivity contribution in [1.82, 2.24) is 5.32 Å². The minimum Gasteiger partial charge on any atom is -0.468 e. The zero-order chi connectivity index (χ0) is 25.2. The highest BCUT2D eigenvalue weighted by atomic mass is 16.5. The van der Waals surface area contributed by atoms with Gasteiger partial charge >= 0.3 is 5.97 Å². The Hall–Kier alpha value is -3.64. The van der Waals surface area contributed by atoms with Crippen LogP contribution in [-0.2, 0) is 20.7 Å². The number of hydrogen-bond donors (Lipinski definition) is 2. The van der Waals surface area contributed by atoms with Gasteiger partial charge in [-0.2, -0.15) is 0 Å². The number of rotatable bonds is 10. The molecule has 1 aliphatic rings. The van der Waals surface area contributed by atoms with Crippen LogP contribution in [0, 0.1) is 0 Å². The molecule has 0 bridgehead atoms. The first kappa shape index (κ1) is 25.5. The van der Waals surface area contributed by atoms with Crippen LogP contribution in [0.3, 0.4) is 0 Å². The molecule has 3 aromatic rings. The molecule has 0 spiro atoms. The highest BCUT2D eigenvalue weighted by molar-refractivity contribution is 5.91. The second-order valence-corrected chi connectivity index (χ2v) is 9.23. The largest absolute Gasteiger partial charge is 0.468 e. The Morgan fingerprint density at radius 2 is 1.64 bits per heavy atom. The molecule has 1 fully saturated rings. The summed E-state index contributed by atoms with van der Waals surface area (Å²) in [5.41, 5.74) is 4.10.